The Morgan fingerprint density at radius 2 is 2.39 bits per heavy atom. The fourth-order valence-corrected chi connectivity index (χ4v) is 1.43. The summed E-state index contributed by atoms with van der Waals surface area (Å²) in [5.74, 6) is -0.0813. The molecule has 1 rings (SSSR count). The van der Waals surface area contributed by atoms with Gasteiger partial charge in [-0.3, -0.25) is 0 Å². The second-order valence-electron chi connectivity index (χ2n) is 3.63. The second-order valence-corrected chi connectivity index (χ2v) is 3.63. The van der Waals surface area contributed by atoms with Gasteiger partial charge in [0.05, 0.1) is 6.61 Å². The standard InChI is InChI=1S/C11H17FN4O2/c1-18-8-7-16(6-4-10(13)15-17)11-9(12)3-2-5-14-11/h2-3,5,17H,4,6-8H2,1H3,(H2,13,15). The van der Waals surface area contributed by atoms with Gasteiger partial charge in [-0.05, 0) is 12.1 Å². The van der Waals surface area contributed by atoms with Crippen molar-refractivity contribution < 1.29 is 14.3 Å². The van der Waals surface area contributed by atoms with Crippen molar-refractivity contribution in [3.8, 4) is 0 Å². The van der Waals surface area contributed by atoms with Crippen molar-refractivity contribution in [1.29, 1.82) is 0 Å². The van der Waals surface area contributed by atoms with Crippen LogP contribution in [0.3, 0.4) is 0 Å². The molecule has 0 bridgehead atoms. The maximum atomic E-state index is 13.6. The highest BCUT2D eigenvalue weighted by Crippen LogP contribution is 2.15. The fourth-order valence-electron chi connectivity index (χ4n) is 1.43. The minimum absolute atomic E-state index is 0.0914. The van der Waals surface area contributed by atoms with Gasteiger partial charge in [-0.2, -0.15) is 0 Å². The molecule has 0 atom stereocenters. The molecule has 6 nitrogen and oxygen atoms in total. The Hall–Kier alpha value is -1.89. The molecule has 0 aromatic carbocycles. The topological polar surface area (TPSA) is 84.0 Å². The van der Waals surface area contributed by atoms with Gasteiger partial charge in [-0.15, -0.1) is 0 Å². The number of rotatable bonds is 7. The average Bonchev–Trinajstić information content (AvgIpc) is 2.39. The molecule has 3 N–H and O–H groups in total. The minimum atomic E-state index is -0.409. The Balaban J connectivity index is 2.74. The number of hydrogen-bond acceptors (Lipinski definition) is 5. The number of amidine groups is 1. The van der Waals surface area contributed by atoms with Gasteiger partial charge in [0.25, 0.3) is 0 Å². The summed E-state index contributed by atoms with van der Waals surface area (Å²) in [6, 6.07) is 2.86. The van der Waals surface area contributed by atoms with Crippen LogP contribution in [0, 0.1) is 5.82 Å². The fraction of sp³-hybridized carbons (Fsp3) is 0.455. The number of ether oxygens (including phenoxy) is 1. The normalized spacial score (nSPS) is 11.6. The lowest BCUT2D eigenvalue weighted by atomic mass is 10.3. The minimum Gasteiger partial charge on any atom is -0.409 e. The summed E-state index contributed by atoms with van der Waals surface area (Å²) in [5, 5.41) is 11.4. The van der Waals surface area contributed by atoms with E-state index in [1.807, 2.05) is 0 Å². The molecule has 18 heavy (non-hydrogen) atoms. The van der Waals surface area contributed by atoms with E-state index >= 15 is 0 Å². The molecule has 1 aromatic rings. The first kappa shape index (κ1) is 14.2. The Bertz CT molecular complexity index is 400. The number of anilines is 1. The van der Waals surface area contributed by atoms with Crippen LogP contribution >= 0.6 is 0 Å². The quantitative estimate of drug-likeness (QED) is 0.326. The van der Waals surface area contributed by atoms with E-state index in [-0.39, 0.29) is 11.7 Å². The maximum absolute atomic E-state index is 13.6. The first-order valence-electron chi connectivity index (χ1n) is 5.49. The van der Waals surface area contributed by atoms with Gasteiger partial charge in [0.15, 0.2) is 11.6 Å². The number of nitrogens with two attached hydrogens (primary N) is 1. The predicted octanol–water partition coefficient (Wildman–Crippen LogP) is 0.810. The lowest BCUT2D eigenvalue weighted by molar-refractivity contribution is 0.205. The Labute approximate surface area is 105 Å². The van der Waals surface area contributed by atoms with Crippen LogP contribution in [0.2, 0.25) is 0 Å². The van der Waals surface area contributed by atoms with Crippen molar-refractivity contribution in [2.75, 3.05) is 31.7 Å². The van der Waals surface area contributed by atoms with Crippen molar-refractivity contribution in [1.82, 2.24) is 4.98 Å². The van der Waals surface area contributed by atoms with Gasteiger partial charge in [-0.1, -0.05) is 5.16 Å². The SMILES string of the molecule is COCCN(CCC(N)=NO)c1ncccc1F. The van der Waals surface area contributed by atoms with E-state index in [0.717, 1.165) is 0 Å². The van der Waals surface area contributed by atoms with E-state index < -0.39 is 5.82 Å². The average molecular weight is 256 g/mol. The first-order chi connectivity index (χ1) is 8.69. The molecule has 100 valence electrons. The Morgan fingerprint density at radius 3 is 3.00 bits per heavy atom. The van der Waals surface area contributed by atoms with Crippen LogP contribution in [0.25, 0.3) is 0 Å². The van der Waals surface area contributed by atoms with Crippen molar-refractivity contribution in [3.63, 3.8) is 0 Å². The molecule has 0 saturated heterocycles. The Morgan fingerprint density at radius 1 is 1.61 bits per heavy atom. The van der Waals surface area contributed by atoms with Gasteiger partial charge in [0, 0.05) is 32.8 Å². The van der Waals surface area contributed by atoms with Crippen LogP contribution in [0.15, 0.2) is 23.5 Å². The highest BCUT2D eigenvalue weighted by atomic mass is 19.1. The summed E-state index contributed by atoms with van der Waals surface area (Å²) in [5.41, 5.74) is 5.39. The van der Waals surface area contributed by atoms with Crippen LogP contribution in [0.4, 0.5) is 10.2 Å². The van der Waals surface area contributed by atoms with Crippen LogP contribution in [-0.2, 0) is 4.74 Å². The molecule has 0 unspecified atom stereocenters. The molecule has 0 aliphatic heterocycles. The molecule has 0 radical (unpaired) electrons. The molecule has 0 aliphatic rings. The summed E-state index contributed by atoms with van der Waals surface area (Å²) >= 11 is 0. The van der Waals surface area contributed by atoms with Crippen LogP contribution < -0.4 is 10.6 Å². The smallest absolute Gasteiger partial charge is 0.165 e. The number of halogens is 1. The molecule has 0 saturated carbocycles. The van der Waals surface area contributed by atoms with Gasteiger partial charge in [0.2, 0.25) is 0 Å². The second kappa shape index (κ2) is 7.44. The number of aromatic nitrogens is 1. The summed E-state index contributed by atoms with van der Waals surface area (Å²) in [6.45, 7) is 1.31. The molecule has 0 amide bonds. The number of hydrogen-bond donors (Lipinski definition) is 2. The third kappa shape index (κ3) is 4.17. The monoisotopic (exact) mass is 256 g/mol. The molecule has 1 aromatic heterocycles. The van der Waals surface area contributed by atoms with Crippen LogP contribution in [0.1, 0.15) is 6.42 Å². The molecule has 0 fully saturated rings. The van der Waals surface area contributed by atoms with Gasteiger partial charge in [0.1, 0.15) is 5.84 Å². The number of pyridine rings is 1. The van der Waals surface area contributed by atoms with E-state index in [9.17, 15) is 4.39 Å². The van der Waals surface area contributed by atoms with E-state index in [1.165, 1.54) is 18.3 Å². The third-order valence-electron chi connectivity index (χ3n) is 2.37. The maximum Gasteiger partial charge on any atom is 0.165 e. The number of nitrogens with zero attached hydrogens (tertiary/aromatic N) is 3. The summed E-state index contributed by atoms with van der Waals surface area (Å²) in [7, 11) is 1.57. The van der Waals surface area contributed by atoms with Crippen LogP contribution in [0.5, 0.6) is 0 Å². The number of oxime groups is 1. The first-order valence-corrected chi connectivity index (χ1v) is 5.49. The highest BCUT2D eigenvalue weighted by Gasteiger charge is 2.12. The van der Waals surface area contributed by atoms with E-state index in [0.29, 0.717) is 26.1 Å². The molecule has 7 heteroatoms. The molecule has 0 spiro atoms. The van der Waals surface area contributed by atoms with Crippen molar-refractivity contribution in [2.45, 2.75) is 6.42 Å². The predicted molar refractivity (Wildman–Crippen MR) is 66.3 cm³/mol. The largest absolute Gasteiger partial charge is 0.409 e. The summed E-state index contributed by atoms with van der Waals surface area (Å²) in [6.07, 6.45) is 1.83. The van der Waals surface area contributed by atoms with E-state index in [4.69, 9.17) is 15.7 Å². The lowest BCUT2D eigenvalue weighted by Gasteiger charge is -2.23. The lowest BCUT2D eigenvalue weighted by Crippen LogP contribution is -2.32. The Kier molecular flexibility index (Phi) is 5.86. The van der Waals surface area contributed by atoms with Crippen LogP contribution in [-0.4, -0.2) is 42.8 Å². The van der Waals surface area contributed by atoms with E-state index in [1.54, 1.807) is 12.0 Å². The van der Waals surface area contributed by atoms with E-state index in [2.05, 4.69) is 10.1 Å². The summed E-state index contributed by atoms with van der Waals surface area (Å²) < 4.78 is 18.6. The highest BCUT2D eigenvalue weighted by molar-refractivity contribution is 5.80. The molecular weight excluding hydrogens is 239 g/mol. The molecule has 1 heterocycles. The van der Waals surface area contributed by atoms with Crippen molar-refractivity contribution in [3.05, 3.63) is 24.1 Å². The van der Waals surface area contributed by atoms with Gasteiger partial charge in [-0.25, -0.2) is 9.37 Å². The zero-order valence-electron chi connectivity index (χ0n) is 10.2. The zero-order chi connectivity index (χ0) is 13.4. The van der Waals surface area contributed by atoms with Gasteiger partial charge >= 0.3 is 0 Å². The third-order valence-corrected chi connectivity index (χ3v) is 2.37. The summed E-state index contributed by atoms with van der Waals surface area (Å²) in [4.78, 5) is 5.68. The van der Waals surface area contributed by atoms with Crippen molar-refractivity contribution >= 4 is 11.7 Å². The zero-order valence-corrected chi connectivity index (χ0v) is 10.2. The van der Waals surface area contributed by atoms with Gasteiger partial charge < -0.3 is 20.6 Å². The number of methoxy groups -OCH3 is 1. The molecular formula is C11H17FN4O2. The van der Waals surface area contributed by atoms with Crippen molar-refractivity contribution in [2.24, 2.45) is 10.9 Å². The molecule has 0 aliphatic carbocycles.